The van der Waals surface area contributed by atoms with Gasteiger partial charge >= 0.3 is 0 Å². The fourth-order valence-electron chi connectivity index (χ4n) is 2.34. The van der Waals surface area contributed by atoms with Gasteiger partial charge in [-0.1, -0.05) is 12.1 Å². The fourth-order valence-corrected chi connectivity index (χ4v) is 2.34. The number of anilines is 1. The van der Waals surface area contributed by atoms with E-state index in [2.05, 4.69) is 27.3 Å². The van der Waals surface area contributed by atoms with Crippen LogP contribution in [0.1, 0.15) is 12.5 Å². The van der Waals surface area contributed by atoms with E-state index in [0.29, 0.717) is 0 Å². The molecule has 3 rings (SSSR count). The molecule has 1 aromatic carbocycles. The summed E-state index contributed by atoms with van der Waals surface area (Å²) in [6.07, 6.45) is 4.06. The molecule has 21 heavy (non-hydrogen) atoms. The number of hydrogen-bond donors (Lipinski definition) is 1. The first-order chi connectivity index (χ1) is 10.1. The minimum atomic E-state index is -0.216. The van der Waals surface area contributed by atoms with E-state index in [9.17, 15) is 4.39 Å². The molecule has 2 heterocycles. The van der Waals surface area contributed by atoms with Crippen LogP contribution in [0.25, 0.3) is 11.0 Å². The molecular formula is C15H16FN5. The van der Waals surface area contributed by atoms with Crippen molar-refractivity contribution in [3.63, 3.8) is 0 Å². The lowest BCUT2D eigenvalue weighted by atomic mass is 10.1. The van der Waals surface area contributed by atoms with Gasteiger partial charge in [-0.15, -0.1) is 0 Å². The van der Waals surface area contributed by atoms with E-state index in [1.165, 1.54) is 18.5 Å². The first-order valence-corrected chi connectivity index (χ1v) is 6.77. The minimum absolute atomic E-state index is 0.161. The monoisotopic (exact) mass is 285 g/mol. The molecular weight excluding hydrogens is 269 g/mol. The molecule has 0 bridgehead atoms. The lowest BCUT2D eigenvalue weighted by molar-refractivity contribution is 0.626. The van der Waals surface area contributed by atoms with Crippen LogP contribution < -0.4 is 5.32 Å². The molecule has 1 N–H and O–H groups in total. The summed E-state index contributed by atoms with van der Waals surface area (Å²) in [6, 6.07) is 6.71. The second-order valence-electron chi connectivity index (χ2n) is 5.10. The van der Waals surface area contributed by atoms with Gasteiger partial charge in [0.1, 0.15) is 18.0 Å². The standard InChI is InChI=1S/C15H16FN5/c1-10(7-11-3-5-12(16)6-4-11)20-14-13-8-19-21(2)15(13)18-9-17-14/h3-6,8-10H,7H2,1-2H3,(H,17,18,20)/t10-/m0/s1. The largest absolute Gasteiger partial charge is 0.367 e. The zero-order valence-corrected chi connectivity index (χ0v) is 11.9. The van der Waals surface area contributed by atoms with E-state index in [-0.39, 0.29) is 11.9 Å². The Morgan fingerprint density at radius 1 is 1.24 bits per heavy atom. The number of nitrogens with zero attached hydrogens (tertiary/aromatic N) is 4. The smallest absolute Gasteiger partial charge is 0.163 e. The van der Waals surface area contributed by atoms with Crippen LogP contribution in [0.3, 0.4) is 0 Å². The Morgan fingerprint density at radius 3 is 2.76 bits per heavy atom. The van der Waals surface area contributed by atoms with E-state index >= 15 is 0 Å². The summed E-state index contributed by atoms with van der Waals surface area (Å²) in [5.41, 5.74) is 1.87. The second-order valence-corrected chi connectivity index (χ2v) is 5.10. The van der Waals surface area contributed by atoms with Crippen molar-refractivity contribution in [1.82, 2.24) is 19.7 Å². The molecule has 2 aromatic heterocycles. The Labute approximate surface area is 121 Å². The average molecular weight is 285 g/mol. The lowest BCUT2D eigenvalue weighted by Gasteiger charge is -2.15. The molecule has 0 amide bonds. The Morgan fingerprint density at radius 2 is 2.00 bits per heavy atom. The number of hydrogen-bond acceptors (Lipinski definition) is 4. The number of fused-ring (bicyclic) bond motifs is 1. The number of benzene rings is 1. The summed E-state index contributed by atoms with van der Waals surface area (Å²) >= 11 is 0. The highest BCUT2D eigenvalue weighted by Gasteiger charge is 2.10. The van der Waals surface area contributed by atoms with Gasteiger partial charge < -0.3 is 5.32 Å². The molecule has 0 fully saturated rings. The number of aromatic nitrogens is 4. The predicted molar refractivity (Wildman–Crippen MR) is 79.5 cm³/mol. The summed E-state index contributed by atoms with van der Waals surface area (Å²) in [4.78, 5) is 8.49. The van der Waals surface area contributed by atoms with Crippen molar-refractivity contribution in [3.05, 3.63) is 48.2 Å². The van der Waals surface area contributed by atoms with Crippen molar-refractivity contribution in [2.24, 2.45) is 7.05 Å². The van der Waals surface area contributed by atoms with Crippen molar-refractivity contribution in [2.75, 3.05) is 5.32 Å². The molecule has 1 atom stereocenters. The topological polar surface area (TPSA) is 55.6 Å². The molecule has 0 radical (unpaired) electrons. The van der Waals surface area contributed by atoms with Gasteiger partial charge in [0.15, 0.2) is 5.65 Å². The third kappa shape index (κ3) is 2.84. The summed E-state index contributed by atoms with van der Waals surface area (Å²) in [5.74, 6) is 0.551. The first kappa shape index (κ1) is 13.5. The van der Waals surface area contributed by atoms with Gasteiger partial charge in [-0.3, -0.25) is 4.68 Å². The van der Waals surface area contributed by atoms with Crippen LogP contribution >= 0.6 is 0 Å². The average Bonchev–Trinajstić information content (AvgIpc) is 2.84. The van der Waals surface area contributed by atoms with Crippen LogP contribution in [-0.2, 0) is 13.5 Å². The van der Waals surface area contributed by atoms with Crippen molar-refractivity contribution < 1.29 is 4.39 Å². The quantitative estimate of drug-likeness (QED) is 0.800. The number of nitrogens with one attached hydrogen (secondary N) is 1. The van der Waals surface area contributed by atoms with E-state index < -0.39 is 0 Å². The van der Waals surface area contributed by atoms with E-state index in [1.807, 2.05) is 7.05 Å². The number of aryl methyl sites for hydroxylation is 1. The Bertz CT molecular complexity index is 750. The van der Waals surface area contributed by atoms with Crippen LogP contribution in [0, 0.1) is 5.82 Å². The zero-order chi connectivity index (χ0) is 14.8. The molecule has 3 aromatic rings. The SMILES string of the molecule is C[C@@H](Cc1ccc(F)cc1)Nc1ncnc2c1cnn2C. The van der Waals surface area contributed by atoms with Gasteiger partial charge in [-0.05, 0) is 31.0 Å². The third-order valence-corrected chi connectivity index (χ3v) is 3.37. The van der Waals surface area contributed by atoms with Crippen molar-refractivity contribution in [3.8, 4) is 0 Å². The normalized spacial score (nSPS) is 12.5. The molecule has 0 spiro atoms. The zero-order valence-electron chi connectivity index (χ0n) is 11.9. The highest BCUT2D eigenvalue weighted by Crippen LogP contribution is 2.19. The number of halogens is 1. The first-order valence-electron chi connectivity index (χ1n) is 6.77. The summed E-state index contributed by atoms with van der Waals surface area (Å²) in [6.45, 7) is 2.06. The Kier molecular flexibility index (Phi) is 3.51. The summed E-state index contributed by atoms with van der Waals surface area (Å²) in [7, 11) is 1.85. The van der Waals surface area contributed by atoms with Crippen LogP contribution in [-0.4, -0.2) is 25.8 Å². The van der Waals surface area contributed by atoms with Crippen molar-refractivity contribution in [1.29, 1.82) is 0 Å². The maximum absolute atomic E-state index is 12.9. The maximum atomic E-state index is 12.9. The molecule has 0 aliphatic carbocycles. The van der Waals surface area contributed by atoms with Crippen molar-refractivity contribution >= 4 is 16.9 Å². The number of rotatable bonds is 4. The minimum Gasteiger partial charge on any atom is -0.367 e. The molecule has 0 saturated heterocycles. The Hall–Kier alpha value is -2.50. The summed E-state index contributed by atoms with van der Waals surface area (Å²) < 4.78 is 14.6. The Balaban J connectivity index is 1.77. The third-order valence-electron chi connectivity index (χ3n) is 3.37. The van der Waals surface area contributed by atoms with Gasteiger partial charge in [0.25, 0.3) is 0 Å². The van der Waals surface area contributed by atoms with Gasteiger partial charge in [0.05, 0.1) is 11.6 Å². The highest BCUT2D eigenvalue weighted by molar-refractivity contribution is 5.86. The highest BCUT2D eigenvalue weighted by atomic mass is 19.1. The van der Waals surface area contributed by atoms with Gasteiger partial charge in [0.2, 0.25) is 0 Å². The van der Waals surface area contributed by atoms with Gasteiger partial charge in [-0.2, -0.15) is 5.10 Å². The second kappa shape index (κ2) is 5.47. The molecule has 5 nitrogen and oxygen atoms in total. The van der Waals surface area contributed by atoms with Crippen LogP contribution in [0.2, 0.25) is 0 Å². The van der Waals surface area contributed by atoms with E-state index in [4.69, 9.17) is 0 Å². The van der Waals surface area contributed by atoms with Crippen LogP contribution in [0.5, 0.6) is 0 Å². The summed E-state index contributed by atoms with van der Waals surface area (Å²) in [5, 5.41) is 8.45. The van der Waals surface area contributed by atoms with Crippen LogP contribution in [0.15, 0.2) is 36.8 Å². The lowest BCUT2D eigenvalue weighted by Crippen LogP contribution is -2.19. The van der Waals surface area contributed by atoms with Crippen LogP contribution in [0.4, 0.5) is 10.2 Å². The van der Waals surface area contributed by atoms with Crippen molar-refractivity contribution in [2.45, 2.75) is 19.4 Å². The van der Waals surface area contributed by atoms with E-state index in [0.717, 1.165) is 28.8 Å². The molecule has 0 aliphatic heterocycles. The maximum Gasteiger partial charge on any atom is 0.163 e. The molecule has 108 valence electrons. The molecule has 0 unspecified atom stereocenters. The van der Waals surface area contributed by atoms with Gasteiger partial charge in [0, 0.05) is 13.1 Å². The van der Waals surface area contributed by atoms with Gasteiger partial charge in [-0.25, -0.2) is 14.4 Å². The fraction of sp³-hybridized carbons (Fsp3) is 0.267. The van der Waals surface area contributed by atoms with E-state index in [1.54, 1.807) is 23.0 Å². The molecule has 0 saturated carbocycles. The molecule has 0 aliphatic rings. The molecule has 6 heteroatoms. The predicted octanol–water partition coefficient (Wildman–Crippen LogP) is 2.55.